The highest BCUT2D eigenvalue weighted by Crippen LogP contribution is 2.44. The lowest BCUT2D eigenvalue weighted by Gasteiger charge is -2.38. The van der Waals surface area contributed by atoms with Crippen molar-refractivity contribution in [3.8, 4) is 23.0 Å². The highest BCUT2D eigenvalue weighted by atomic mass is 19.1. The third kappa shape index (κ3) is 9.79. The summed E-state index contributed by atoms with van der Waals surface area (Å²) in [5, 5.41) is 25.6. The van der Waals surface area contributed by atoms with Crippen molar-refractivity contribution in [2.45, 2.75) is 126 Å². The number of anilines is 1. The van der Waals surface area contributed by atoms with Crippen LogP contribution >= 0.6 is 0 Å². The smallest absolute Gasteiger partial charge is 0.409 e. The van der Waals surface area contributed by atoms with Crippen molar-refractivity contribution in [1.29, 1.82) is 0 Å². The number of amides is 3. The first-order chi connectivity index (χ1) is 38.5. The number of benzene rings is 3. The SMILES string of the molecule is CCc1c(F)ccc2cc(O)cc(-c3ncc4c(N5CCC[C@@](C)(O)C5)nc(OC[C@@]56CCCN5[C@H](COC(=O)N5CCC(CN7CCC(c8ccc9c(c8F)n(C)c(=O)n9C8CCC(=O)NC8=O)CC7)CC5)CC6)nc4c3F)c12. The highest BCUT2D eigenvalue weighted by Gasteiger charge is 2.50. The van der Waals surface area contributed by atoms with Crippen molar-refractivity contribution in [2.24, 2.45) is 13.0 Å². The summed E-state index contributed by atoms with van der Waals surface area (Å²) in [6.45, 7) is 9.33. The van der Waals surface area contributed by atoms with Crippen LogP contribution in [0.3, 0.4) is 0 Å². The van der Waals surface area contributed by atoms with Crippen LogP contribution in [0.2, 0.25) is 0 Å². The van der Waals surface area contributed by atoms with E-state index in [1.54, 1.807) is 30.0 Å². The number of ether oxygens (including phenoxy) is 2. The lowest BCUT2D eigenvalue weighted by atomic mass is 9.87. The quantitative estimate of drug-likeness (QED) is 0.101. The Morgan fingerprint density at radius 2 is 1.69 bits per heavy atom. The number of piperidine rings is 4. The number of imide groups is 1. The molecule has 18 nitrogen and oxygen atoms in total. The number of phenols is 1. The zero-order chi connectivity index (χ0) is 55.8. The van der Waals surface area contributed by atoms with E-state index in [2.05, 4.69) is 20.1 Å². The van der Waals surface area contributed by atoms with E-state index in [4.69, 9.17) is 19.4 Å². The number of aryl methyl sites for hydroxylation is 2. The van der Waals surface area contributed by atoms with Crippen LogP contribution in [0.4, 0.5) is 23.8 Å². The van der Waals surface area contributed by atoms with Crippen LogP contribution in [-0.2, 0) is 27.8 Å². The molecule has 3 N–H and O–H groups in total. The average molecular weight is 1100 g/mol. The number of imidazole rings is 1. The number of halogens is 3. The van der Waals surface area contributed by atoms with Crippen LogP contribution in [-0.4, -0.2) is 150 Å². The maximum Gasteiger partial charge on any atom is 0.409 e. The van der Waals surface area contributed by atoms with Crippen molar-refractivity contribution < 1.29 is 47.2 Å². The molecule has 0 spiro atoms. The Hall–Kier alpha value is -6.84. The molecule has 4 atom stereocenters. The molecule has 12 rings (SSSR count). The lowest BCUT2D eigenvalue weighted by Crippen LogP contribution is -2.49. The molecule has 6 aromatic rings. The van der Waals surface area contributed by atoms with Gasteiger partial charge in [0.2, 0.25) is 11.8 Å². The summed E-state index contributed by atoms with van der Waals surface area (Å²) in [7, 11) is 1.51. The van der Waals surface area contributed by atoms with E-state index in [9.17, 15) is 29.4 Å². The number of rotatable bonds is 12. The summed E-state index contributed by atoms with van der Waals surface area (Å²) in [6.07, 6.45) is 9.63. The summed E-state index contributed by atoms with van der Waals surface area (Å²) in [5.41, 5.74) is -0.349. The molecule has 0 radical (unpaired) electrons. The zero-order valence-corrected chi connectivity index (χ0v) is 45.6. The van der Waals surface area contributed by atoms with Crippen LogP contribution in [0.5, 0.6) is 11.8 Å². The second-order valence-electron chi connectivity index (χ2n) is 23.6. The lowest BCUT2D eigenvalue weighted by molar-refractivity contribution is -0.135. The van der Waals surface area contributed by atoms with Gasteiger partial charge in [0, 0.05) is 64.0 Å². The molecular weight excluding hydrogens is 1030 g/mol. The van der Waals surface area contributed by atoms with Crippen LogP contribution in [0.15, 0.2) is 47.4 Å². The number of aromatic hydroxyl groups is 1. The molecule has 1 unspecified atom stereocenters. The van der Waals surface area contributed by atoms with E-state index in [1.807, 2.05) is 11.8 Å². The Bertz CT molecular complexity index is 3500. The number of hydrogen-bond donors (Lipinski definition) is 3. The van der Waals surface area contributed by atoms with Gasteiger partial charge in [-0.05, 0) is 162 Å². The molecule has 21 heteroatoms. The summed E-state index contributed by atoms with van der Waals surface area (Å²) in [6, 6.07) is 8.36. The summed E-state index contributed by atoms with van der Waals surface area (Å²) in [4.78, 5) is 74.1. The van der Waals surface area contributed by atoms with Crippen molar-refractivity contribution in [3.63, 3.8) is 0 Å². The number of pyridine rings is 1. The molecule has 6 fully saturated rings. The third-order valence-electron chi connectivity index (χ3n) is 18.4. The molecule has 9 heterocycles. The van der Waals surface area contributed by atoms with E-state index in [1.165, 1.54) is 40.6 Å². The standard InChI is InChI=1S/C59H69F3N10O8/c1-4-39-43(60)9-7-36-27-38(73)28-41(47(36)39)50-49(62)51-42(29-63-50)53(70-21-5-18-58(2,78)32-70)66-55(65-51)80-33-59-19-6-22-71(59)37(13-20-59)31-79-57(77)69-25-14-34(15-26-69)30-68-23-16-35(17-24-68)40-8-10-44-52(48(40)61)67(3)56(76)72(44)45-11-12-46(74)64-54(45)75/h7-10,27-29,34-35,37,45,73,78H,4-6,11-26,30-33H2,1-3H3,(H,64,74,75)/t37-,45?,58+,59-/m0/s1. The van der Waals surface area contributed by atoms with E-state index in [0.29, 0.717) is 83.4 Å². The highest BCUT2D eigenvalue weighted by molar-refractivity contribution is 6.02. The van der Waals surface area contributed by atoms with Crippen molar-refractivity contribution in [1.82, 2.24) is 44.1 Å². The fraction of sp³-hybridized carbons (Fsp3) is 0.542. The minimum atomic E-state index is -1.01. The normalized spacial score (nSPS) is 24.6. The molecule has 6 aliphatic rings. The van der Waals surface area contributed by atoms with E-state index in [-0.39, 0.29) is 96.2 Å². The second-order valence-corrected chi connectivity index (χ2v) is 23.6. The first-order valence-electron chi connectivity index (χ1n) is 28.5. The van der Waals surface area contributed by atoms with Gasteiger partial charge in [0.05, 0.1) is 22.0 Å². The van der Waals surface area contributed by atoms with Crippen molar-refractivity contribution in [3.05, 3.63) is 81.7 Å². The summed E-state index contributed by atoms with van der Waals surface area (Å²) in [5.74, 6) is -1.96. The average Bonchev–Trinajstić information content (AvgIpc) is 4.22. The monoisotopic (exact) mass is 1100 g/mol. The molecule has 3 amide bonds. The number of nitrogens with zero attached hydrogens (tertiary/aromatic N) is 9. The maximum atomic E-state index is 17.3. The van der Waals surface area contributed by atoms with Gasteiger partial charge in [0.15, 0.2) is 11.6 Å². The van der Waals surface area contributed by atoms with E-state index < -0.39 is 40.7 Å². The fourth-order valence-corrected chi connectivity index (χ4v) is 14.3. The van der Waals surface area contributed by atoms with Gasteiger partial charge in [-0.15, -0.1) is 0 Å². The largest absolute Gasteiger partial charge is 0.508 e. The molecule has 3 aromatic heterocycles. The second kappa shape index (κ2) is 21.2. The molecule has 6 aliphatic heterocycles. The van der Waals surface area contributed by atoms with Gasteiger partial charge in [-0.3, -0.25) is 33.9 Å². The number of likely N-dealkylation sites (tertiary alicyclic amines) is 2. The summed E-state index contributed by atoms with van der Waals surface area (Å²) < 4.78 is 64.0. The van der Waals surface area contributed by atoms with E-state index >= 15 is 13.2 Å². The number of hydrogen-bond acceptors (Lipinski definition) is 14. The predicted molar refractivity (Wildman–Crippen MR) is 293 cm³/mol. The van der Waals surface area contributed by atoms with Gasteiger partial charge in [0.25, 0.3) is 0 Å². The van der Waals surface area contributed by atoms with Gasteiger partial charge in [-0.25, -0.2) is 22.8 Å². The van der Waals surface area contributed by atoms with Gasteiger partial charge in [-0.2, -0.15) is 9.97 Å². The first-order valence-corrected chi connectivity index (χ1v) is 28.5. The van der Waals surface area contributed by atoms with Crippen molar-refractivity contribution in [2.75, 3.05) is 70.5 Å². The van der Waals surface area contributed by atoms with Crippen LogP contribution in [0, 0.1) is 23.4 Å². The Labute approximate surface area is 460 Å². The van der Waals surface area contributed by atoms with Gasteiger partial charge in [-0.1, -0.05) is 19.1 Å². The number of carbonyl (C=O) groups is 3. The summed E-state index contributed by atoms with van der Waals surface area (Å²) >= 11 is 0. The van der Waals surface area contributed by atoms with Crippen LogP contribution < -0.4 is 20.6 Å². The third-order valence-corrected chi connectivity index (χ3v) is 18.4. The van der Waals surface area contributed by atoms with Gasteiger partial charge in [0.1, 0.15) is 53.4 Å². The molecule has 3 aromatic carbocycles. The molecule has 0 bridgehead atoms. The van der Waals surface area contributed by atoms with E-state index in [0.717, 1.165) is 77.5 Å². The van der Waals surface area contributed by atoms with Crippen molar-refractivity contribution >= 4 is 56.4 Å². The minimum Gasteiger partial charge on any atom is -0.508 e. The number of carbonyl (C=O) groups excluding carboxylic acids is 3. The first kappa shape index (κ1) is 53.8. The molecule has 424 valence electrons. The Morgan fingerprint density at radius 3 is 2.45 bits per heavy atom. The molecule has 6 saturated heterocycles. The molecule has 0 saturated carbocycles. The Balaban J connectivity index is 0.666. The van der Waals surface area contributed by atoms with Crippen LogP contribution in [0.1, 0.15) is 114 Å². The Kier molecular flexibility index (Phi) is 14.3. The molecule has 0 aliphatic carbocycles. The maximum absolute atomic E-state index is 17.3. The number of aliphatic hydroxyl groups is 1. The molecule has 80 heavy (non-hydrogen) atoms. The molecular formula is C59H69F3N10O8. The minimum absolute atomic E-state index is 0.0172. The number of β-amino-alcohol motifs (C(OH)–C–C–N with tert-alkyl or cyclic N) is 1. The van der Waals surface area contributed by atoms with Gasteiger partial charge >= 0.3 is 17.8 Å². The van der Waals surface area contributed by atoms with Crippen LogP contribution in [0.25, 0.3) is 44.0 Å². The predicted octanol–water partition coefficient (Wildman–Crippen LogP) is 7.62. The van der Waals surface area contributed by atoms with Gasteiger partial charge < -0.3 is 34.4 Å². The number of fused-ring (bicyclic) bond motifs is 4. The number of phenolic OH excluding ortho intramolecular Hbond substituents is 1. The number of aromatic nitrogens is 5. The zero-order valence-electron chi connectivity index (χ0n) is 45.6. The Morgan fingerprint density at radius 1 is 0.900 bits per heavy atom. The number of nitrogens with one attached hydrogen (secondary N) is 1. The topological polar surface area (TPSA) is 201 Å². The fourth-order valence-electron chi connectivity index (χ4n) is 14.3.